The lowest BCUT2D eigenvalue weighted by atomic mass is 9.91. The molecule has 68 valence electrons. The van der Waals surface area contributed by atoms with Crippen molar-refractivity contribution in [1.29, 1.82) is 0 Å². The minimum atomic E-state index is -0.177. The van der Waals surface area contributed by atoms with Crippen LogP contribution in [0.3, 0.4) is 0 Å². The predicted octanol–water partition coefficient (Wildman–Crippen LogP) is 1.37. The van der Waals surface area contributed by atoms with Crippen molar-refractivity contribution in [2.24, 2.45) is 5.92 Å². The summed E-state index contributed by atoms with van der Waals surface area (Å²) in [5, 5.41) is 9.47. The Bertz CT molecular complexity index is 200. The average Bonchev–Trinajstić information content (AvgIpc) is 2.46. The van der Waals surface area contributed by atoms with E-state index in [9.17, 15) is 5.11 Å². The zero-order valence-corrected chi connectivity index (χ0v) is 7.66. The van der Waals surface area contributed by atoms with E-state index in [1.54, 1.807) is 0 Å². The number of aliphatic hydroxyl groups excluding tert-OH is 1. The molecule has 2 heteroatoms. The Labute approximate surface area is 73.9 Å². The smallest absolute Gasteiger partial charge is 0.0740 e. The summed E-state index contributed by atoms with van der Waals surface area (Å²) in [6.45, 7) is 4.47. The summed E-state index contributed by atoms with van der Waals surface area (Å²) in [6.07, 6.45) is 5.33. The Kier molecular flexibility index (Phi) is 2.09. The molecule has 1 aliphatic carbocycles. The predicted molar refractivity (Wildman–Crippen MR) is 48.7 cm³/mol. The SMILES string of the molecule is CCN1CCC2CCC(O)C=C21. The normalized spacial score (nSPS) is 34.8. The fourth-order valence-corrected chi connectivity index (χ4v) is 2.37. The highest BCUT2D eigenvalue weighted by atomic mass is 16.3. The van der Waals surface area contributed by atoms with Crippen LogP contribution < -0.4 is 0 Å². The molecule has 12 heavy (non-hydrogen) atoms. The molecule has 0 bridgehead atoms. The highest BCUT2D eigenvalue weighted by Crippen LogP contribution is 2.35. The number of hydrogen-bond donors (Lipinski definition) is 1. The lowest BCUT2D eigenvalue weighted by molar-refractivity contribution is 0.188. The minimum absolute atomic E-state index is 0.177. The molecule has 0 aromatic carbocycles. The third-order valence-electron chi connectivity index (χ3n) is 3.09. The van der Waals surface area contributed by atoms with Crippen molar-refractivity contribution in [3.63, 3.8) is 0 Å². The molecule has 0 amide bonds. The van der Waals surface area contributed by atoms with Gasteiger partial charge in [0, 0.05) is 24.7 Å². The molecule has 0 aromatic rings. The first kappa shape index (κ1) is 8.11. The fraction of sp³-hybridized carbons (Fsp3) is 0.800. The summed E-state index contributed by atoms with van der Waals surface area (Å²) in [4.78, 5) is 2.40. The topological polar surface area (TPSA) is 23.5 Å². The van der Waals surface area contributed by atoms with Crippen molar-refractivity contribution in [2.75, 3.05) is 13.1 Å². The molecule has 2 rings (SSSR count). The van der Waals surface area contributed by atoms with Crippen LogP contribution in [-0.2, 0) is 0 Å². The van der Waals surface area contributed by atoms with E-state index in [2.05, 4.69) is 17.9 Å². The van der Waals surface area contributed by atoms with E-state index >= 15 is 0 Å². The third-order valence-corrected chi connectivity index (χ3v) is 3.09. The summed E-state index contributed by atoms with van der Waals surface area (Å²) < 4.78 is 0. The second-order valence-corrected chi connectivity index (χ2v) is 3.80. The molecule has 0 saturated carbocycles. The van der Waals surface area contributed by atoms with Crippen LogP contribution in [0.5, 0.6) is 0 Å². The average molecular weight is 167 g/mol. The molecule has 2 nitrogen and oxygen atoms in total. The third kappa shape index (κ3) is 1.24. The maximum absolute atomic E-state index is 9.47. The van der Waals surface area contributed by atoms with Crippen LogP contribution in [0, 0.1) is 5.92 Å². The first-order valence-electron chi connectivity index (χ1n) is 4.96. The molecule has 0 aromatic heterocycles. The van der Waals surface area contributed by atoms with Crippen LogP contribution >= 0.6 is 0 Å². The van der Waals surface area contributed by atoms with Crippen molar-refractivity contribution >= 4 is 0 Å². The van der Waals surface area contributed by atoms with E-state index < -0.39 is 0 Å². The number of likely N-dealkylation sites (tertiary alicyclic amines) is 1. The Balaban J connectivity index is 2.16. The standard InChI is InChI=1S/C10H17NO/c1-2-11-6-5-8-3-4-9(12)7-10(8)11/h7-9,12H,2-6H2,1H3. The first-order valence-corrected chi connectivity index (χ1v) is 4.96. The fourth-order valence-electron chi connectivity index (χ4n) is 2.37. The molecule has 1 aliphatic heterocycles. The van der Waals surface area contributed by atoms with E-state index in [1.165, 1.54) is 25.1 Å². The second-order valence-electron chi connectivity index (χ2n) is 3.80. The molecule has 0 spiro atoms. The molecule has 0 radical (unpaired) electrons. The summed E-state index contributed by atoms with van der Waals surface area (Å²) in [5.74, 6) is 0.758. The van der Waals surface area contributed by atoms with Gasteiger partial charge in [-0.2, -0.15) is 0 Å². The Morgan fingerprint density at radius 2 is 2.33 bits per heavy atom. The van der Waals surface area contributed by atoms with E-state index in [0.717, 1.165) is 18.9 Å². The zero-order valence-electron chi connectivity index (χ0n) is 7.66. The highest BCUT2D eigenvalue weighted by Gasteiger charge is 2.30. The lowest BCUT2D eigenvalue weighted by Gasteiger charge is -2.26. The second kappa shape index (κ2) is 3.09. The van der Waals surface area contributed by atoms with Gasteiger partial charge in [-0.3, -0.25) is 0 Å². The molecule has 1 heterocycles. The van der Waals surface area contributed by atoms with Crippen molar-refractivity contribution < 1.29 is 5.11 Å². The molecule has 2 aliphatic rings. The largest absolute Gasteiger partial charge is 0.389 e. The highest BCUT2D eigenvalue weighted by molar-refractivity contribution is 5.15. The Morgan fingerprint density at radius 1 is 1.50 bits per heavy atom. The maximum atomic E-state index is 9.47. The van der Waals surface area contributed by atoms with E-state index in [-0.39, 0.29) is 6.10 Å². The molecular weight excluding hydrogens is 150 g/mol. The maximum Gasteiger partial charge on any atom is 0.0740 e. The summed E-state index contributed by atoms with van der Waals surface area (Å²) in [5.41, 5.74) is 1.41. The minimum Gasteiger partial charge on any atom is -0.389 e. The van der Waals surface area contributed by atoms with Gasteiger partial charge in [0.25, 0.3) is 0 Å². The quantitative estimate of drug-likeness (QED) is 0.637. The molecule has 2 unspecified atom stereocenters. The van der Waals surface area contributed by atoms with E-state index in [1.807, 2.05) is 0 Å². The lowest BCUT2D eigenvalue weighted by Crippen LogP contribution is -2.23. The van der Waals surface area contributed by atoms with Crippen LogP contribution in [0.15, 0.2) is 11.8 Å². The zero-order chi connectivity index (χ0) is 8.55. The van der Waals surface area contributed by atoms with Gasteiger partial charge in [-0.25, -0.2) is 0 Å². The molecule has 1 fully saturated rings. The Morgan fingerprint density at radius 3 is 3.08 bits per heavy atom. The van der Waals surface area contributed by atoms with E-state index in [0.29, 0.717) is 0 Å². The number of allylic oxidation sites excluding steroid dienone is 1. The summed E-state index contributed by atoms with van der Waals surface area (Å²) in [6, 6.07) is 0. The van der Waals surface area contributed by atoms with Gasteiger partial charge in [0.1, 0.15) is 0 Å². The van der Waals surface area contributed by atoms with Gasteiger partial charge in [0.05, 0.1) is 6.10 Å². The van der Waals surface area contributed by atoms with Crippen LogP contribution in [0.25, 0.3) is 0 Å². The van der Waals surface area contributed by atoms with Crippen LogP contribution in [-0.4, -0.2) is 29.2 Å². The molecule has 2 atom stereocenters. The summed E-state index contributed by atoms with van der Waals surface area (Å²) in [7, 11) is 0. The van der Waals surface area contributed by atoms with Gasteiger partial charge in [-0.15, -0.1) is 0 Å². The molecule has 1 saturated heterocycles. The number of fused-ring (bicyclic) bond motifs is 1. The van der Waals surface area contributed by atoms with Gasteiger partial charge >= 0.3 is 0 Å². The van der Waals surface area contributed by atoms with Gasteiger partial charge in [-0.1, -0.05) is 0 Å². The van der Waals surface area contributed by atoms with E-state index in [4.69, 9.17) is 0 Å². The molecular formula is C10H17NO. The number of rotatable bonds is 1. The van der Waals surface area contributed by atoms with Crippen molar-refractivity contribution in [2.45, 2.75) is 32.3 Å². The van der Waals surface area contributed by atoms with Gasteiger partial charge < -0.3 is 10.0 Å². The van der Waals surface area contributed by atoms with Crippen molar-refractivity contribution in [3.8, 4) is 0 Å². The number of aliphatic hydroxyl groups is 1. The Hall–Kier alpha value is -0.500. The van der Waals surface area contributed by atoms with Crippen molar-refractivity contribution in [1.82, 2.24) is 4.90 Å². The van der Waals surface area contributed by atoms with Crippen LogP contribution in [0.1, 0.15) is 26.2 Å². The van der Waals surface area contributed by atoms with Gasteiger partial charge in [0.2, 0.25) is 0 Å². The van der Waals surface area contributed by atoms with Crippen LogP contribution in [0.2, 0.25) is 0 Å². The summed E-state index contributed by atoms with van der Waals surface area (Å²) >= 11 is 0. The van der Waals surface area contributed by atoms with Crippen molar-refractivity contribution in [3.05, 3.63) is 11.8 Å². The number of nitrogens with zero attached hydrogens (tertiary/aromatic N) is 1. The van der Waals surface area contributed by atoms with Gasteiger partial charge in [-0.05, 0) is 32.3 Å². The van der Waals surface area contributed by atoms with Gasteiger partial charge in [0.15, 0.2) is 0 Å². The van der Waals surface area contributed by atoms with Crippen LogP contribution in [0.4, 0.5) is 0 Å². The number of hydrogen-bond acceptors (Lipinski definition) is 2. The molecule has 1 N–H and O–H groups in total. The monoisotopic (exact) mass is 167 g/mol. The first-order chi connectivity index (χ1) is 5.81.